The Bertz CT molecular complexity index is 890. The molecule has 0 bridgehead atoms. The van der Waals surface area contributed by atoms with E-state index < -0.39 is 16.1 Å². The molecule has 1 N–H and O–H groups in total. The van der Waals surface area contributed by atoms with Crippen LogP contribution in [0.2, 0.25) is 0 Å². The van der Waals surface area contributed by atoms with Gasteiger partial charge in [-0.1, -0.05) is 59.9 Å². The van der Waals surface area contributed by atoms with E-state index in [1.54, 1.807) is 43.3 Å². The number of nitrogens with zero attached hydrogens (tertiary/aromatic N) is 1. The van der Waals surface area contributed by atoms with Crippen molar-refractivity contribution >= 4 is 10.0 Å². The molecule has 4 nitrogen and oxygen atoms in total. The molecule has 2 aromatic carbocycles. The van der Waals surface area contributed by atoms with Crippen LogP contribution in [-0.2, 0) is 10.0 Å². The summed E-state index contributed by atoms with van der Waals surface area (Å²) in [6.45, 7) is 3.73. The van der Waals surface area contributed by atoms with E-state index in [9.17, 15) is 13.5 Å². The molecule has 0 aliphatic carbocycles. The molecule has 0 amide bonds. The molecule has 2 rings (SSSR count). The van der Waals surface area contributed by atoms with Crippen LogP contribution >= 0.6 is 0 Å². The van der Waals surface area contributed by atoms with E-state index >= 15 is 0 Å². The maximum absolute atomic E-state index is 12.9. The van der Waals surface area contributed by atoms with Crippen LogP contribution in [0.15, 0.2) is 71.6 Å². The first-order chi connectivity index (χ1) is 12.4. The van der Waals surface area contributed by atoms with Crippen LogP contribution in [0.3, 0.4) is 0 Å². The van der Waals surface area contributed by atoms with E-state index in [0.717, 1.165) is 11.1 Å². The highest BCUT2D eigenvalue weighted by Gasteiger charge is 2.22. The van der Waals surface area contributed by atoms with Gasteiger partial charge in [0.1, 0.15) is 0 Å². The minimum Gasteiger partial charge on any atom is -0.389 e. The first kappa shape index (κ1) is 19.9. The van der Waals surface area contributed by atoms with Crippen molar-refractivity contribution in [2.45, 2.75) is 24.8 Å². The minimum absolute atomic E-state index is 0.0647. The Morgan fingerprint density at radius 2 is 1.77 bits per heavy atom. The van der Waals surface area contributed by atoms with Gasteiger partial charge >= 0.3 is 0 Å². The molecule has 0 saturated carbocycles. The van der Waals surface area contributed by atoms with Crippen molar-refractivity contribution in [1.29, 1.82) is 0 Å². The lowest BCUT2D eigenvalue weighted by Crippen LogP contribution is -2.32. The summed E-state index contributed by atoms with van der Waals surface area (Å²) >= 11 is 0. The Balaban J connectivity index is 2.25. The summed E-state index contributed by atoms with van der Waals surface area (Å²) in [6, 6.07) is 16.2. The molecule has 0 heterocycles. The molecule has 26 heavy (non-hydrogen) atoms. The molecule has 1 atom stereocenters. The van der Waals surface area contributed by atoms with Gasteiger partial charge in [0, 0.05) is 12.1 Å². The fourth-order valence-corrected chi connectivity index (χ4v) is 3.53. The fraction of sp³-hybridized carbons (Fsp3) is 0.238. The quantitative estimate of drug-likeness (QED) is 0.629. The smallest absolute Gasteiger partial charge is 0.244 e. The van der Waals surface area contributed by atoms with E-state index in [1.807, 2.05) is 37.3 Å². The number of hydrogen-bond donors (Lipinski definition) is 1. The summed E-state index contributed by atoms with van der Waals surface area (Å²) in [5.74, 6) is 5.90. The monoisotopic (exact) mass is 369 g/mol. The van der Waals surface area contributed by atoms with E-state index in [-0.39, 0.29) is 18.0 Å². The van der Waals surface area contributed by atoms with Crippen LogP contribution in [0.4, 0.5) is 0 Å². The van der Waals surface area contributed by atoms with Gasteiger partial charge in [-0.15, -0.1) is 0 Å². The van der Waals surface area contributed by atoms with E-state index in [4.69, 9.17) is 0 Å². The zero-order chi connectivity index (χ0) is 19.0. The fourth-order valence-electron chi connectivity index (χ4n) is 2.23. The molecular formula is C21H23NO3S. The summed E-state index contributed by atoms with van der Waals surface area (Å²) in [7, 11) is -3.67. The molecule has 0 aliphatic rings. The number of sulfonamides is 1. The van der Waals surface area contributed by atoms with Gasteiger partial charge in [-0.25, -0.2) is 8.42 Å². The number of rotatable bonds is 6. The zero-order valence-corrected chi connectivity index (χ0v) is 15.8. The lowest BCUT2D eigenvalue weighted by molar-refractivity contribution is 0.243. The Hall–Kier alpha value is -2.39. The van der Waals surface area contributed by atoms with Crippen molar-refractivity contribution in [3.63, 3.8) is 0 Å². The highest BCUT2D eigenvalue weighted by atomic mass is 32.2. The first-order valence-electron chi connectivity index (χ1n) is 8.35. The molecule has 0 aromatic heterocycles. The Labute approximate surface area is 155 Å². The molecule has 5 heteroatoms. The Kier molecular flexibility index (Phi) is 7.16. The van der Waals surface area contributed by atoms with Gasteiger partial charge in [0.2, 0.25) is 10.0 Å². The summed E-state index contributed by atoms with van der Waals surface area (Å²) in [4.78, 5) is 0.232. The predicted octanol–water partition coefficient (Wildman–Crippen LogP) is 2.97. The summed E-state index contributed by atoms with van der Waals surface area (Å²) < 4.78 is 27.1. The first-order valence-corrected chi connectivity index (χ1v) is 9.79. The summed E-state index contributed by atoms with van der Waals surface area (Å²) in [5.41, 5.74) is 1.83. The van der Waals surface area contributed by atoms with Crippen LogP contribution in [-0.4, -0.2) is 37.0 Å². The second kappa shape index (κ2) is 9.35. The molecule has 1 unspecified atom stereocenters. The Morgan fingerprint density at radius 3 is 2.38 bits per heavy atom. The van der Waals surface area contributed by atoms with Crippen molar-refractivity contribution in [2.75, 3.05) is 13.1 Å². The number of benzene rings is 2. The average molecular weight is 369 g/mol. The van der Waals surface area contributed by atoms with Crippen LogP contribution in [0.25, 0.3) is 0 Å². The normalized spacial score (nSPS) is 12.8. The molecular weight excluding hydrogens is 346 g/mol. The van der Waals surface area contributed by atoms with Crippen LogP contribution in [0, 0.1) is 18.8 Å². The Morgan fingerprint density at radius 1 is 1.12 bits per heavy atom. The maximum atomic E-state index is 12.9. The molecule has 2 aromatic rings. The molecule has 0 fully saturated rings. The van der Waals surface area contributed by atoms with Gasteiger partial charge in [0.15, 0.2) is 0 Å². The topological polar surface area (TPSA) is 57.6 Å². The third-order valence-corrected chi connectivity index (χ3v) is 5.47. The standard InChI is InChI=1S/C21H23NO3S/c1-18-12-14-21(15-13-18)26(24,25)22(16-6-8-19(2)23)17-7-11-20-9-4-3-5-10-20/h3-6,8-10,12-15,19,23H,16-17H2,1-2H3/b8-6-. The molecule has 0 radical (unpaired) electrons. The predicted molar refractivity (Wildman–Crippen MR) is 104 cm³/mol. The summed E-state index contributed by atoms with van der Waals surface area (Å²) in [5, 5.41) is 9.36. The van der Waals surface area contributed by atoms with E-state index in [2.05, 4.69) is 11.8 Å². The number of aryl methyl sites for hydroxylation is 1. The largest absolute Gasteiger partial charge is 0.389 e. The van der Waals surface area contributed by atoms with Gasteiger partial charge in [0.25, 0.3) is 0 Å². The third kappa shape index (κ3) is 5.85. The lowest BCUT2D eigenvalue weighted by atomic mass is 10.2. The van der Waals surface area contributed by atoms with Gasteiger partial charge in [-0.05, 0) is 38.1 Å². The number of aliphatic hydroxyl groups excluding tert-OH is 1. The number of hydrogen-bond acceptors (Lipinski definition) is 3. The van der Waals surface area contributed by atoms with Gasteiger partial charge in [-0.2, -0.15) is 4.31 Å². The van der Waals surface area contributed by atoms with Crippen molar-refractivity contribution < 1.29 is 13.5 Å². The number of aliphatic hydroxyl groups is 1. The SMILES string of the molecule is Cc1ccc(S(=O)(=O)N(CC#Cc2ccccc2)C/C=C\C(C)O)cc1. The third-order valence-electron chi connectivity index (χ3n) is 3.64. The highest BCUT2D eigenvalue weighted by Crippen LogP contribution is 2.16. The van der Waals surface area contributed by atoms with Gasteiger partial charge in [0.05, 0.1) is 17.5 Å². The molecule has 0 aliphatic heterocycles. The maximum Gasteiger partial charge on any atom is 0.244 e. The second-order valence-electron chi connectivity index (χ2n) is 5.95. The van der Waals surface area contributed by atoms with Crippen LogP contribution < -0.4 is 0 Å². The van der Waals surface area contributed by atoms with Gasteiger partial charge in [-0.3, -0.25) is 0 Å². The van der Waals surface area contributed by atoms with Crippen molar-refractivity contribution in [3.05, 3.63) is 77.9 Å². The van der Waals surface area contributed by atoms with Crippen molar-refractivity contribution in [2.24, 2.45) is 0 Å². The van der Waals surface area contributed by atoms with Crippen molar-refractivity contribution in [1.82, 2.24) is 4.31 Å². The van der Waals surface area contributed by atoms with E-state index in [0.29, 0.717) is 0 Å². The zero-order valence-electron chi connectivity index (χ0n) is 15.0. The van der Waals surface area contributed by atoms with Gasteiger partial charge < -0.3 is 5.11 Å². The van der Waals surface area contributed by atoms with Crippen LogP contribution in [0.5, 0.6) is 0 Å². The molecule has 0 spiro atoms. The molecule has 136 valence electrons. The lowest BCUT2D eigenvalue weighted by Gasteiger charge is -2.18. The molecule has 0 saturated heterocycles. The average Bonchev–Trinajstić information content (AvgIpc) is 2.61. The second-order valence-corrected chi connectivity index (χ2v) is 7.89. The summed E-state index contributed by atoms with van der Waals surface area (Å²) in [6.07, 6.45) is 2.57. The van der Waals surface area contributed by atoms with E-state index in [1.165, 1.54) is 4.31 Å². The minimum atomic E-state index is -3.67. The highest BCUT2D eigenvalue weighted by molar-refractivity contribution is 7.89. The van der Waals surface area contributed by atoms with Crippen molar-refractivity contribution in [3.8, 4) is 11.8 Å². The van der Waals surface area contributed by atoms with Crippen LogP contribution in [0.1, 0.15) is 18.1 Å².